The predicted octanol–water partition coefficient (Wildman–Crippen LogP) is 2.06. The van der Waals surface area contributed by atoms with E-state index in [-0.39, 0.29) is 36.0 Å². The van der Waals surface area contributed by atoms with E-state index < -0.39 is 0 Å². The van der Waals surface area contributed by atoms with E-state index in [1.165, 1.54) is 0 Å². The van der Waals surface area contributed by atoms with Gasteiger partial charge in [0.05, 0.1) is 0 Å². The summed E-state index contributed by atoms with van der Waals surface area (Å²) in [6, 6.07) is 0. The Morgan fingerprint density at radius 1 is 1.00 bits per heavy atom. The summed E-state index contributed by atoms with van der Waals surface area (Å²) in [5, 5.41) is 0. The monoisotopic (exact) mass is 182 g/mol. The molecule has 2 radical (unpaired) electrons. The predicted molar refractivity (Wildman–Crippen MR) is 30.9 cm³/mol. The molecule has 0 rings (SSSR count). The van der Waals surface area contributed by atoms with E-state index in [1.54, 1.807) is 0 Å². The van der Waals surface area contributed by atoms with Crippen molar-refractivity contribution in [2.75, 3.05) is 0 Å². The van der Waals surface area contributed by atoms with Crippen molar-refractivity contribution >= 4 is 21.1 Å². The minimum atomic E-state index is 0. The van der Waals surface area contributed by atoms with Crippen LogP contribution in [0, 0.1) is 0 Å². The van der Waals surface area contributed by atoms with Gasteiger partial charge >= 0.3 is 31.0 Å². The molecule has 0 unspecified atom stereocenters. The molecule has 0 atom stereocenters. The molecule has 0 aliphatic rings. The summed E-state index contributed by atoms with van der Waals surface area (Å²) in [7, 11) is 0. The summed E-state index contributed by atoms with van der Waals surface area (Å²) in [5.74, 6) is 0. The van der Waals surface area contributed by atoms with Crippen LogP contribution in [0.2, 0.25) is 9.88 Å². The first-order chi connectivity index (χ1) is 1.41. The molecule has 0 fully saturated rings. The molecule has 5 heavy (non-hydrogen) atoms. The van der Waals surface area contributed by atoms with Crippen molar-refractivity contribution in [3.05, 3.63) is 0 Å². The second kappa shape index (κ2) is 21.4. The molecule has 0 bridgehead atoms. The molecule has 0 aromatic rings. The van der Waals surface area contributed by atoms with E-state index >= 15 is 0 Å². The third-order valence-electron chi connectivity index (χ3n) is 0. The molecule has 0 heterocycles. The average molecular weight is 181 g/mol. The molecule has 34 valence electrons. The second-order valence-electron chi connectivity index (χ2n) is 0.500. The quantitative estimate of drug-likeness (QED) is 0.501. The topological polar surface area (TPSA) is 0 Å². The fourth-order valence-corrected chi connectivity index (χ4v) is 0. The van der Waals surface area contributed by atoms with Gasteiger partial charge in [-0.2, -0.15) is 0 Å². The van der Waals surface area contributed by atoms with Crippen LogP contribution in [-0.4, -0.2) is 21.1 Å². The molecule has 1 heteroatoms. The number of rotatable bonds is 0. The van der Waals surface area contributed by atoms with Crippen LogP contribution in [0.25, 0.3) is 0 Å². The first-order valence-electron chi connectivity index (χ1n) is 1.00. The summed E-state index contributed by atoms with van der Waals surface area (Å²) < 4.78 is 0. The number of hydrogen-bond acceptors (Lipinski definition) is 0. The molecule has 0 aromatic heterocycles. The molecule has 0 nitrogen and oxygen atoms in total. The Morgan fingerprint density at radius 2 is 1.00 bits per heavy atom. The van der Waals surface area contributed by atoms with E-state index in [2.05, 4.69) is 9.88 Å². The van der Waals surface area contributed by atoms with E-state index in [0.717, 1.165) is 0 Å². The maximum absolute atomic E-state index is 2.30. The van der Waals surface area contributed by atoms with E-state index in [1.807, 2.05) is 0 Å². The average Bonchev–Trinajstić information content (AvgIpc) is 0.918. The molecule has 0 aromatic carbocycles. The van der Waals surface area contributed by atoms with Crippen molar-refractivity contribution in [3.63, 3.8) is 0 Å². The van der Waals surface area contributed by atoms with E-state index in [0.29, 0.717) is 0 Å². The molecule has 0 saturated heterocycles. The Kier molecular flexibility index (Phi) is 73.0. The van der Waals surface area contributed by atoms with Crippen molar-refractivity contribution in [1.29, 1.82) is 0 Å². The molecule has 0 saturated carbocycles. The maximum atomic E-state index is 2.30. The van der Waals surface area contributed by atoms with Crippen molar-refractivity contribution in [2.24, 2.45) is 0 Å². The summed E-state index contributed by atoms with van der Waals surface area (Å²) in [5.41, 5.74) is 0. The molecule has 0 aliphatic heterocycles. The first-order valence-corrected chi connectivity index (χ1v) is 6.71. The Morgan fingerprint density at radius 3 is 1.00 bits per heavy atom. The Hall–Kier alpha value is 0.799. The van der Waals surface area contributed by atoms with Crippen LogP contribution in [0.1, 0.15) is 14.9 Å². The van der Waals surface area contributed by atoms with Gasteiger partial charge in [-0.3, -0.25) is 0 Å². The third-order valence-corrected chi connectivity index (χ3v) is 0. The van der Waals surface area contributed by atoms with Gasteiger partial charge in [0, 0.05) is 0 Å². The zero-order valence-corrected chi connectivity index (χ0v) is 5.35. The van der Waals surface area contributed by atoms with Crippen molar-refractivity contribution < 1.29 is 0 Å². The fourth-order valence-electron chi connectivity index (χ4n) is 0. The Bertz CT molecular complexity index is 3.61. The van der Waals surface area contributed by atoms with Gasteiger partial charge in [0.25, 0.3) is 0 Å². The van der Waals surface area contributed by atoms with Gasteiger partial charge in [-0.25, -0.2) is 0 Å². The van der Waals surface area contributed by atoms with Crippen LogP contribution in [0.15, 0.2) is 0 Å². The van der Waals surface area contributed by atoms with E-state index in [9.17, 15) is 0 Å². The van der Waals surface area contributed by atoms with Crippen LogP contribution < -0.4 is 0 Å². The van der Waals surface area contributed by atoms with Gasteiger partial charge in [-0.05, 0) is 0 Å². The van der Waals surface area contributed by atoms with Gasteiger partial charge in [-0.15, -0.1) is 0 Å². The third kappa shape index (κ3) is 58.9. The van der Waals surface area contributed by atoms with Crippen LogP contribution in [0.4, 0.5) is 0 Å². The van der Waals surface area contributed by atoms with Crippen LogP contribution in [0.5, 0.6) is 0 Å². The summed E-state index contributed by atoms with van der Waals surface area (Å²) in [4.78, 5) is 4.59. The molecular weight excluding hydrogens is 167 g/mol. The van der Waals surface area contributed by atoms with Crippen LogP contribution in [-0.2, 0) is 0 Å². The van der Waals surface area contributed by atoms with Gasteiger partial charge in [-0.1, -0.05) is 14.9 Å². The van der Waals surface area contributed by atoms with E-state index in [4.69, 9.17) is 0 Å². The molecule has 0 spiro atoms. The molecule has 0 N–H and O–H groups in total. The van der Waals surface area contributed by atoms with Crippen LogP contribution in [0.3, 0.4) is 0 Å². The summed E-state index contributed by atoms with van der Waals surface area (Å²) in [6.45, 7) is 0. The first kappa shape index (κ1) is 17.0. The van der Waals surface area contributed by atoms with Gasteiger partial charge in [0.1, 0.15) is 0 Å². The fraction of sp³-hybridized carbons (Fsp3) is 1.00. The molecular formula is C4H14Sn. The SMILES string of the molecule is C.C.[CH3][Sn][CH3]. The van der Waals surface area contributed by atoms with Gasteiger partial charge in [0.2, 0.25) is 0 Å². The minimum absolute atomic E-state index is 0. The number of hydrogen-bond donors (Lipinski definition) is 0. The zero-order chi connectivity index (χ0) is 2.71. The Labute approximate surface area is 46.2 Å². The van der Waals surface area contributed by atoms with Crippen molar-refractivity contribution in [2.45, 2.75) is 24.7 Å². The summed E-state index contributed by atoms with van der Waals surface area (Å²) in [6.07, 6.45) is 0. The second-order valence-corrected chi connectivity index (χ2v) is 3.35. The zero-order valence-electron chi connectivity index (χ0n) is 2.50. The molecule has 0 amide bonds. The van der Waals surface area contributed by atoms with Gasteiger partial charge in [0.15, 0.2) is 0 Å². The van der Waals surface area contributed by atoms with Crippen molar-refractivity contribution in [1.82, 2.24) is 0 Å². The summed E-state index contributed by atoms with van der Waals surface area (Å²) >= 11 is 0.230. The standard InChI is InChI=1S/2CH4.2CH3.Sn/h2*1H4;2*1H3;. The molecule has 0 aliphatic carbocycles. The van der Waals surface area contributed by atoms with Crippen molar-refractivity contribution in [3.8, 4) is 0 Å². The normalized spacial score (nSPS) is 3.60. The van der Waals surface area contributed by atoms with Crippen LogP contribution >= 0.6 is 0 Å². The van der Waals surface area contributed by atoms with Gasteiger partial charge < -0.3 is 0 Å². The Balaban J connectivity index is -0.0000000200.